The summed E-state index contributed by atoms with van der Waals surface area (Å²) < 4.78 is 28.9. The molecule has 3 rings (SSSR count). The summed E-state index contributed by atoms with van der Waals surface area (Å²) in [5.74, 6) is -1.19. The van der Waals surface area contributed by atoms with E-state index in [0.29, 0.717) is 24.4 Å². The maximum Gasteiger partial charge on any atom is 0.223 e. The summed E-state index contributed by atoms with van der Waals surface area (Å²) in [5, 5.41) is 2.79. The molecule has 1 N–H and O–H groups in total. The van der Waals surface area contributed by atoms with E-state index in [0.717, 1.165) is 18.9 Å². The van der Waals surface area contributed by atoms with Crippen molar-refractivity contribution in [2.24, 2.45) is 5.92 Å². The molecule has 4 nitrogen and oxygen atoms in total. The first-order valence-electron chi connectivity index (χ1n) is 6.78. The van der Waals surface area contributed by atoms with Crippen LogP contribution in [0.3, 0.4) is 0 Å². The summed E-state index contributed by atoms with van der Waals surface area (Å²) >= 11 is 5.81. The third-order valence-corrected chi connectivity index (χ3v) is 3.82. The molecule has 1 aliphatic carbocycles. The fraction of sp³-hybridized carbons (Fsp3) is 0.429. The molecule has 0 spiro atoms. The van der Waals surface area contributed by atoms with Crippen molar-refractivity contribution in [3.05, 3.63) is 29.6 Å². The smallest absolute Gasteiger partial charge is 0.223 e. The lowest BCUT2D eigenvalue weighted by molar-refractivity contribution is -0.122. The molecule has 1 aliphatic rings. The van der Waals surface area contributed by atoms with E-state index in [-0.39, 0.29) is 23.2 Å². The number of carbonyl (C=O) groups is 1. The van der Waals surface area contributed by atoms with Crippen LogP contribution in [-0.2, 0) is 17.2 Å². The number of carbonyl (C=O) groups excluding carboxylic acids is 1. The van der Waals surface area contributed by atoms with Crippen LogP contribution in [-0.4, -0.2) is 22.0 Å². The fourth-order valence-electron chi connectivity index (χ4n) is 2.33. The molecule has 0 radical (unpaired) electrons. The Labute approximate surface area is 125 Å². The number of hydrogen-bond acceptors (Lipinski definition) is 2. The predicted octanol–water partition coefficient (Wildman–Crippen LogP) is 2.58. The van der Waals surface area contributed by atoms with Gasteiger partial charge in [-0.3, -0.25) is 4.79 Å². The Morgan fingerprint density at radius 1 is 1.43 bits per heavy atom. The van der Waals surface area contributed by atoms with Crippen LogP contribution >= 0.6 is 11.6 Å². The van der Waals surface area contributed by atoms with Gasteiger partial charge in [-0.1, -0.05) is 0 Å². The Morgan fingerprint density at radius 2 is 2.19 bits per heavy atom. The van der Waals surface area contributed by atoms with Crippen molar-refractivity contribution in [3.8, 4) is 0 Å². The van der Waals surface area contributed by atoms with Crippen molar-refractivity contribution in [2.75, 3.05) is 6.54 Å². The van der Waals surface area contributed by atoms with Gasteiger partial charge in [-0.2, -0.15) is 0 Å². The lowest BCUT2D eigenvalue weighted by Gasteiger charge is -2.09. The van der Waals surface area contributed by atoms with Crippen molar-refractivity contribution < 1.29 is 13.6 Å². The molecule has 21 heavy (non-hydrogen) atoms. The van der Waals surface area contributed by atoms with Crippen LogP contribution in [0.2, 0.25) is 0 Å². The first kappa shape index (κ1) is 14.3. The molecule has 0 saturated heterocycles. The minimum absolute atomic E-state index is 0.0125. The van der Waals surface area contributed by atoms with Crippen LogP contribution in [0.15, 0.2) is 12.1 Å². The second-order valence-electron chi connectivity index (χ2n) is 5.11. The Bertz CT molecular complexity index is 697. The molecule has 7 heteroatoms. The van der Waals surface area contributed by atoms with E-state index >= 15 is 0 Å². The van der Waals surface area contributed by atoms with Gasteiger partial charge in [0.1, 0.15) is 11.3 Å². The highest BCUT2D eigenvalue weighted by molar-refractivity contribution is 6.16. The number of aromatic nitrogens is 2. The van der Waals surface area contributed by atoms with E-state index in [2.05, 4.69) is 10.3 Å². The Morgan fingerprint density at radius 3 is 2.86 bits per heavy atom. The number of halogens is 3. The van der Waals surface area contributed by atoms with E-state index in [9.17, 15) is 13.6 Å². The number of nitrogens with zero attached hydrogens (tertiary/aromatic N) is 2. The molecule has 1 heterocycles. The number of imidazole rings is 1. The molecule has 1 aromatic heterocycles. The Kier molecular flexibility index (Phi) is 3.80. The summed E-state index contributed by atoms with van der Waals surface area (Å²) in [6.45, 7) is 0.637. The minimum Gasteiger partial charge on any atom is -0.354 e. The number of rotatable bonds is 5. The zero-order chi connectivity index (χ0) is 15.0. The van der Waals surface area contributed by atoms with Crippen LogP contribution in [0, 0.1) is 17.6 Å². The zero-order valence-electron chi connectivity index (χ0n) is 11.2. The highest BCUT2D eigenvalue weighted by atomic mass is 35.5. The van der Waals surface area contributed by atoms with E-state index in [1.165, 1.54) is 10.6 Å². The molecule has 0 unspecified atom stereocenters. The average Bonchev–Trinajstić information content (AvgIpc) is 3.26. The second kappa shape index (κ2) is 5.60. The summed E-state index contributed by atoms with van der Waals surface area (Å²) in [6, 6.07) is 2.46. The van der Waals surface area contributed by atoms with Crippen molar-refractivity contribution >= 4 is 28.5 Å². The minimum atomic E-state index is -0.940. The molecule has 2 aromatic rings. The Balaban J connectivity index is 1.84. The van der Waals surface area contributed by atoms with Gasteiger partial charge >= 0.3 is 0 Å². The molecule has 0 bridgehead atoms. The normalized spacial score (nSPS) is 14.6. The fourth-order valence-corrected chi connectivity index (χ4v) is 2.53. The number of fused-ring (bicyclic) bond motifs is 1. The van der Waals surface area contributed by atoms with Gasteiger partial charge in [-0.25, -0.2) is 13.8 Å². The van der Waals surface area contributed by atoms with Crippen LogP contribution in [0.5, 0.6) is 0 Å². The standard InChI is InChI=1S/C14H14ClF2N3O/c15-7-11-19-10-4-3-9(16)12(17)13(10)20(11)6-5-18-14(21)8-1-2-8/h3-4,8H,1-2,5-7H2,(H,18,21). The first-order chi connectivity index (χ1) is 10.1. The van der Waals surface area contributed by atoms with Gasteiger partial charge in [0.15, 0.2) is 11.6 Å². The topological polar surface area (TPSA) is 46.9 Å². The van der Waals surface area contributed by atoms with Gasteiger partial charge in [0.05, 0.1) is 11.4 Å². The molecule has 0 atom stereocenters. The highest BCUT2D eigenvalue weighted by Gasteiger charge is 2.29. The molecule has 1 fully saturated rings. The molecule has 1 aromatic carbocycles. The molecular weight excluding hydrogens is 300 g/mol. The van der Waals surface area contributed by atoms with Gasteiger partial charge in [0.2, 0.25) is 5.91 Å². The highest BCUT2D eigenvalue weighted by Crippen LogP contribution is 2.28. The second-order valence-corrected chi connectivity index (χ2v) is 5.37. The number of benzene rings is 1. The van der Waals surface area contributed by atoms with Crippen molar-refractivity contribution in [1.82, 2.24) is 14.9 Å². The van der Waals surface area contributed by atoms with Crippen molar-refractivity contribution in [2.45, 2.75) is 25.3 Å². The monoisotopic (exact) mass is 313 g/mol. The molecule has 1 saturated carbocycles. The summed E-state index contributed by atoms with van der Waals surface area (Å²) in [4.78, 5) is 15.8. The summed E-state index contributed by atoms with van der Waals surface area (Å²) in [7, 11) is 0. The molecule has 112 valence electrons. The van der Waals surface area contributed by atoms with Crippen LogP contribution in [0.1, 0.15) is 18.7 Å². The third-order valence-electron chi connectivity index (χ3n) is 3.58. The van der Waals surface area contributed by atoms with E-state index < -0.39 is 11.6 Å². The van der Waals surface area contributed by atoms with Crippen LogP contribution in [0.4, 0.5) is 8.78 Å². The maximum absolute atomic E-state index is 14.0. The van der Waals surface area contributed by atoms with Gasteiger partial charge in [0, 0.05) is 19.0 Å². The SMILES string of the molecule is O=C(NCCn1c(CCl)nc2ccc(F)c(F)c21)C1CC1. The van der Waals surface area contributed by atoms with Gasteiger partial charge in [0.25, 0.3) is 0 Å². The van der Waals surface area contributed by atoms with Crippen LogP contribution < -0.4 is 5.32 Å². The Hall–Kier alpha value is -1.69. The molecule has 1 amide bonds. The summed E-state index contributed by atoms with van der Waals surface area (Å²) in [5.41, 5.74) is 0.449. The molecular formula is C14H14ClF2N3O. The largest absolute Gasteiger partial charge is 0.354 e. The lowest BCUT2D eigenvalue weighted by Crippen LogP contribution is -2.28. The zero-order valence-corrected chi connectivity index (χ0v) is 12.0. The average molecular weight is 314 g/mol. The van der Waals surface area contributed by atoms with Gasteiger partial charge in [-0.05, 0) is 25.0 Å². The number of hydrogen-bond donors (Lipinski definition) is 1. The maximum atomic E-state index is 14.0. The third kappa shape index (κ3) is 2.72. The predicted molar refractivity (Wildman–Crippen MR) is 74.9 cm³/mol. The number of nitrogens with one attached hydrogen (secondary N) is 1. The van der Waals surface area contributed by atoms with E-state index in [1.807, 2.05) is 0 Å². The first-order valence-corrected chi connectivity index (χ1v) is 7.32. The van der Waals surface area contributed by atoms with Crippen molar-refractivity contribution in [3.63, 3.8) is 0 Å². The van der Waals surface area contributed by atoms with Gasteiger partial charge < -0.3 is 9.88 Å². The van der Waals surface area contributed by atoms with Crippen molar-refractivity contribution in [1.29, 1.82) is 0 Å². The van der Waals surface area contributed by atoms with Gasteiger partial charge in [-0.15, -0.1) is 11.6 Å². The van der Waals surface area contributed by atoms with Crippen LogP contribution in [0.25, 0.3) is 11.0 Å². The lowest BCUT2D eigenvalue weighted by atomic mass is 10.3. The molecule has 0 aliphatic heterocycles. The quantitative estimate of drug-likeness (QED) is 0.862. The number of amides is 1. The number of alkyl halides is 1. The van der Waals surface area contributed by atoms with E-state index in [4.69, 9.17) is 11.6 Å². The van der Waals surface area contributed by atoms with E-state index in [1.54, 1.807) is 0 Å². The summed E-state index contributed by atoms with van der Waals surface area (Å²) in [6.07, 6.45) is 1.85.